The zero-order chi connectivity index (χ0) is 12.5. The molecule has 1 aromatic carbocycles. The van der Waals surface area contributed by atoms with Crippen LogP contribution < -0.4 is 5.32 Å². The zero-order valence-corrected chi connectivity index (χ0v) is 10.3. The van der Waals surface area contributed by atoms with Gasteiger partial charge >= 0.3 is 0 Å². The van der Waals surface area contributed by atoms with E-state index in [4.69, 9.17) is 4.52 Å². The molecule has 2 aromatic rings. The molecule has 1 atom stereocenters. The summed E-state index contributed by atoms with van der Waals surface area (Å²) < 4.78 is 5.04. The molecular formula is C14H16N2O2. The number of rotatable bonds is 3. The molecule has 4 nitrogen and oxygen atoms in total. The molecule has 4 heteroatoms. The molecule has 0 saturated heterocycles. The molecule has 94 valence electrons. The number of phenolic OH excluding ortho intramolecular Hbond substituents is 1. The summed E-state index contributed by atoms with van der Waals surface area (Å²) in [6.45, 7) is 2.60. The number of fused-ring (bicyclic) bond motifs is 1. The largest absolute Gasteiger partial charge is 0.508 e. The van der Waals surface area contributed by atoms with Crippen LogP contribution in [0.2, 0.25) is 0 Å². The van der Waals surface area contributed by atoms with Crippen molar-refractivity contribution in [2.45, 2.75) is 32.4 Å². The van der Waals surface area contributed by atoms with Crippen molar-refractivity contribution in [3.63, 3.8) is 0 Å². The summed E-state index contributed by atoms with van der Waals surface area (Å²) in [5.41, 5.74) is 3.46. The van der Waals surface area contributed by atoms with Gasteiger partial charge in [0.25, 0.3) is 0 Å². The Kier molecular flexibility index (Phi) is 2.80. The van der Waals surface area contributed by atoms with E-state index in [1.807, 2.05) is 25.1 Å². The predicted molar refractivity (Wildman–Crippen MR) is 67.2 cm³/mol. The Labute approximate surface area is 106 Å². The topological polar surface area (TPSA) is 58.3 Å². The van der Waals surface area contributed by atoms with Crippen molar-refractivity contribution in [2.24, 2.45) is 0 Å². The van der Waals surface area contributed by atoms with E-state index in [0.29, 0.717) is 18.3 Å². The van der Waals surface area contributed by atoms with Crippen molar-refractivity contribution in [2.75, 3.05) is 0 Å². The number of nitrogens with one attached hydrogen (secondary N) is 1. The second kappa shape index (κ2) is 4.46. The number of hydrogen-bond donors (Lipinski definition) is 2. The molecule has 3 rings (SSSR count). The van der Waals surface area contributed by atoms with Crippen LogP contribution in [0.1, 0.15) is 35.0 Å². The molecule has 0 saturated carbocycles. The summed E-state index contributed by atoms with van der Waals surface area (Å²) in [5.74, 6) is 1.19. The molecule has 1 heterocycles. The molecule has 0 amide bonds. The van der Waals surface area contributed by atoms with E-state index >= 15 is 0 Å². The number of aryl methyl sites for hydroxylation is 2. The summed E-state index contributed by atoms with van der Waals surface area (Å²) in [6, 6.07) is 7.90. The van der Waals surface area contributed by atoms with Crippen molar-refractivity contribution >= 4 is 0 Å². The van der Waals surface area contributed by atoms with Gasteiger partial charge < -0.3 is 14.9 Å². The van der Waals surface area contributed by atoms with Crippen LogP contribution in [0.3, 0.4) is 0 Å². The van der Waals surface area contributed by atoms with E-state index in [0.717, 1.165) is 24.3 Å². The summed E-state index contributed by atoms with van der Waals surface area (Å²) in [7, 11) is 0. The third-order valence-corrected chi connectivity index (χ3v) is 3.41. The smallest absolute Gasteiger partial charge is 0.133 e. The summed E-state index contributed by atoms with van der Waals surface area (Å²) in [6.07, 6.45) is 2.08. The maximum atomic E-state index is 9.45. The molecule has 0 aliphatic heterocycles. The Morgan fingerprint density at radius 2 is 2.33 bits per heavy atom. The van der Waals surface area contributed by atoms with E-state index in [-0.39, 0.29) is 0 Å². The SMILES string of the molecule is Cc1cc(CNC2CCc3cc(O)ccc32)no1. The van der Waals surface area contributed by atoms with Crippen LogP contribution in [0.4, 0.5) is 0 Å². The maximum absolute atomic E-state index is 9.45. The third-order valence-electron chi connectivity index (χ3n) is 3.41. The van der Waals surface area contributed by atoms with E-state index in [2.05, 4.69) is 10.5 Å². The molecule has 0 fully saturated rings. The van der Waals surface area contributed by atoms with Gasteiger partial charge in [-0.3, -0.25) is 0 Å². The highest BCUT2D eigenvalue weighted by molar-refractivity contribution is 5.40. The number of aromatic hydroxyl groups is 1. The van der Waals surface area contributed by atoms with E-state index < -0.39 is 0 Å². The highest BCUT2D eigenvalue weighted by Crippen LogP contribution is 2.33. The van der Waals surface area contributed by atoms with Crippen molar-refractivity contribution in [1.29, 1.82) is 0 Å². The Morgan fingerprint density at radius 1 is 1.44 bits per heavy atom. The summed E-state index contributed by atoms with van der Waals surface area (Å²) in [5, 5.41) is 16.9. The lowest BCUT2D eigenvalue weighted by Gasteiger charge is -2.12. The normalized spacial score (nSPS) is 17.9. The van der Waals surface area contributed by atoms with Gasteiger partial charge in [0.15, 0.2) is 0 Å². The Morgan fingerprint density at radius 3 is 3.11 bits per heavy atom. The van der Waals surface area contributed by atoms with E-state index in [9.17, 15) is 5.11 Å². The highest BCUT2D eigenvalue weighted by atomic mass is 16.5. The molecule has 0 spiro atoms. The average Bonchev–Trinajstić information content (AvgIpc) is 2.92. The van der Waals surface area contributed by atoms with Crippen LogP contribution in [0.25, 0.3) is 0 Å². The van der Waals surface area contributed by atoms with Gasteiger partial charge in [-0.25, -0.2) is 0 Å². The molecule has 1 aliphatic rings. The van der Waals surface area contributed by atoms with Gasteiger partial charge in [0, 0.05) is 18.7 Å². The molecular weight excluding hydrogens is 228 g/mol. The van der Waals surface area contributed by atoms with Gasteiger partial charge in [0.05, 0.1) is 5.69 Å². The fourth-order valence-corrected chi connectivity index (χ4v) is 2.55. The van der Waals surface area contributed by atoms with Crippen molar-refractivity contribution < 1.29 is 9.63 Å². The molecule has 2 N–H and O–H groups in total. The molecule has 0 radical (unpaired) electrons. The first-order chi connectivity index (χ1) is 8.72. The van der Waals surface area contributed by atoms with Crippen LogP contribution >= 0.6 is 0 Å². The molecule has 1 aromatic heterocycles. The first-order valence-electron chi connectivity index (χ1n) is 6.20. The minimum Gasteiger partial charge on any atom is -0.508 e. The molecule has 0 bridgehead atoms. The van der Waals surface area contributed by atoms with Gasteiger partial charge in [-0.05, 0) is 43.0 Å². The lowest BCUT2D eigenvalue weighted by Crippen LogP contribution is -2.18. The number of phenols is 1. The van der Waals surface area contributed by atoms with Crippen molar-refractivity contribution in [3.8, 4) is 5.75 Å². The lowest BCUT2D eigenvalue weighted by atomic mass is 10.1. The van der Waals surface area contributed by atoms with Crippen molar-refractivity contribution in [1.82, 2.24) is 10.5 Å². The lowest BCUT2D eigenvalue weighted by molar-refractivity contribution is 0.385. The number of nitrogens with zero attached hydrogens (tertiary/aromatic N) is 1. The van der Waals surface area contributed by atoms with E-state index in [1.54, 1.807) is 6.07 Å². The van der Waals surface area contributed by atoms with Gasteiger partial charge in [-0.15, -0.1) is 0 Å². The van der Waals surface area contributed by atoms with Gasteiger partial charge in [0.2, 0.25) is 0 Å². The van der Waals surface area contributed by atoms with Crippen LogP contribution in [0.15, 0.2) is 28.8 Å². The monoisotopic (exact) mass is 244 g/mol. The fourth-order valence-electron chi connectivity index (χ4n) is 2.55. The first-order valence-corrected chi connectivity index (χ1v) is 6.20. The minimum atomic E-state index is 0.345. The number of hydrogen-bond acceptors (Lipinski definition) is 4. The first kappa shape index (κ1) is 11.3. The standard InChI is InChI=1S/C14H16N2O2/c1-9-6-11(16-18-9)8-15-14-5-2-10-7-12(17)3-4-13(10)14/h3-4,6-7,14-15,17H,2,5,8H2,1H3. The third kappa shape index (κ3) is 2.11. The summed E-state index contributed by atoms with van der Waals surface area (Å²) >= 11 is 0. The van der Waals surface area contributed by atoms with Crippen LogP contribution in [0, 0.1) is 6.92 Å². The Hall–Kier alpha value is -1.81. The fraction of sp³-hybridized carbons (Fsp3) is 0.357. The molecule has 18 heavy (non-hydrogen) atoms. The van der Waals surface area contributed by atoms with Gasteiger partial charge in [0.1, 0.15) is 11.5 Å². The second-order valence-corrected chi connectivity index (χ2v) is 4.78. The Balaban J connectivity index is 1.69. The molecule has 1 unspecified atom stereocenters. The average molecular weight is 244 g/mol. The van der Waals surface area contributed by atoms with Crippen LogP contribution in [-0.2, 0) is 13.0 Å². The predicted octanol–water partition coefficient (Wildman–Crippen LogP) is 2.47. The molecule has 1 aliphatic carbocycles. The van der Waals surface area contributed by atoms with Crippen molar-refractivity contribution in [3.05, 3.63) is 46.8 Å². The number of aromatic nitrogens is 1. The Bertz CT molecular complexity index is 563. The minimum absolute atomic E-state index is 0.345. The number of benzene rings is 1. The van der Waals surface area contributed by atoms with Crippen LogP contribution in [0.5, 0.6) is 5.75 Å². The quantitative estimate of drug-likeness (QED) is 0.870. The zero-order valence-electron chi connectivity index (χ0n) is 10.3. The highest BCUT2D eigenvalue weighted by Gasteiger charge is 2.22. The van der Waals surface area contributed by atoms with Crippen LogP contribution in [-0.4, -0.2) is 10.3 Å². The maximum Gasteiger partial charge on any atom is 0.133 e. The summed E-state index contributed by atoms with van der Waals surface area (Å²) in [4.78, 5) is 0. The second-order valence-electron chi connectivity index (χ2n) is 4.78. The van der Waals surface area contributed by atoms with E-state index in [1.165, 1.54) is 11.1 Å². The van der Waals surface area contributed by atoms with Gasteiger partial charge in [-0.1, -0.05) is 11.2 Å². The van der Waals surface area contributed by atoms with Gasteiger partial charge in [-0.2, -0.15) is 0 Å².